The molecule has 1 heterocycles. The molecule has 0 aromatic carbocycles. The maximum atomic E-state index is 12.8. The van der Waals surface area contributed by atoms with E-state index in [-0.39, 0.29) is 0 Å². The van der Waals surface area contributed by atoms with Crippen molar-refractivity contribution >= 4 is 23.5 Å². The number of carbonyl (C=O) groups is 2. The molecule has 0 aliphatic carbocycles. The first kappa shape index (κ1) is 18.0. The lowest BCUT2D eigenvalue weighted by molar-refractivity contribution is -0.150. The molecule has 122 valence electrons. The molecule has 22 heavy (non-hydrogen) atoms. The van der Waals surface area contributed by atoms with E-state index >= 15 is 0 Å². The number of ether oxygens (including phenoxy) is 1. The maximum Gasteiger partial charge on any atom is 0.434 e. The number of aromatic nitrogens is 1. The second-order valence-corrected chi connectivity index (χ2v) is 4.04. The van der Waals surface area contributed by atoms with Gasteiger partial charge >= 0.3 is 24.3 Å². The molecule has 0 spiro atoms. The fraction of sp³-hybridized carbons (Fsp3) is 0.300. The molecule has 1 N–H and O–H groups in total. The van der Waals surface area contributed by atoms with Gasteiger partial charge in [0.05, 0.1) is 12.1 Å². The van der Waals surface area contributed by atoms with Crippen molar-refractivity contribution in [3.8, 4) is 0 Å². The molecule has 0 aliphatic rings. The van der Waals surface area contributed by atoms with Gasteiger partial charge in [-0.25, -0.2) is 14.6 Å². The smallest absolute Gasteiger partial charge is 0.434 e. The van der Waals surface area contributed by atoms with Crippen molar-refractivity contribution in [1.82, 2.24) is 4.98 Å². The summed E-state index contributed by atoms with van der Waals surface area (Å²) in [6.07, 6.45) is -11.0. The molecule has 1 aromatic rings. The number of hydrogen-bond acceptors (Lipinski definition) is 4. The van der Waals surface area contributed by atoms with E-state index in [1.807, 2.05) is 0 Å². The van der Waals surface area contributed by atoms with E-state index in [4.69, 9.17) is 16.7 Å². The standard InChI is InChI=1S/C10H4ClF6NO4/c1-22-8(21)3-4(11)2(7(19)20)5(9(12,13)14)18-6(3)10(15,16)17/h1H3,(H,19,20). The summed E-state index contributed by atoms with van der Waals surface area (Å²) in [6, 6.07) is 0. The van der Waals surface area contributed by atoms with Gasteiger partial charge in [-0.05, 0) is 0 Å². The van der Waals surface area contributed by atoms with Crippen LogP contribution in [0.3, 0.4) is 0 Å². The molecule has 1 rings (SSSR count). The van der Waals surface area contributed by atoms with Crippen LogP contribution >= 0.6 is 11.6 Å². The highest BCUT2D eigenvalue weighted by Gasteiger charge is 2.47. The number of halogens is 7. The Morgan fingerprint density at radius 2 is 1.45 bits per heavy atom. The predicted octanol–water partition coefficient (Wildman–Crippen LogP) is 3.26. The molecule has 0 atom stereocenters. The number of methoxy groups -OCH3 is 1. The Labute approximate surface area is 122 Å². The molecule has 0 fully saturated rings. The Balaban J connectivity index is 3.98. The second kappa shape index (κ2) is 5.63. The van der Waals surface area contributed by atoms with Crippen molar-refractivity contribution in [2.75, 3.05) is 7.11 Å². The summed E-state index contributed by atoms with van der Waals surface area (Å²) in [5.74, 6) is -4.08. The molecule has 0 aliphatic heterocycles. The topological polar surface area (TPSA) is 76.5 Å². The van der Waals surface area contributed by atoms with Crippen LogP contribution in [0.2, 0.25) is 5.02 Å². The third kappa shape index (κ3) is 3.24. The van der Waals surface area contributed by atoms with Gasteiger partial charge in [-0.3, -0.25) is 0 Å². The fourth-order valence-corrected chi connectivity index (χ4v) is 1.79. The van der Waals surface area contributed by atoms with Crippen LogP contribution in [0.15, 0.2) is 0 Å². The quantitative estimate of drug-likeness (QED) is 0.654. The molecule has 5 nitrogen and oxygen atoms in total. The summed E-state index contributed by atoms with van der Waals surface area (Å²) in [6.45, 7) is 0. The largest absolute Gasteiger partial charge is 0.478 e. The number of carbonyl (C=O) groups excluding carboxylic acids is 1. The third-order valence-electron chi connectivity index (χ3n) is 2.28. The highest BCUT2D eigenvalue weighted by molar-refractivity contribution is 6.36. The lowest BCUT2D eigenvalue weighted by Gasteiger charge is -2.17. The van der Waals surface area contributed by atoms with E-state index in [0.29, 0.717) is 7.11 Å². The molecule has 0 amide bonds. The van der Waals surface area contributed by atoms with Gasteiger partial charge in [0, 0.05) is 0 Å². The summed E-state index contributed by atoms with van der Waals surface area (Å²) >= 11 is 5.28. The summed E-state index contributed by atoms with van der Waals surface area (Å²) in [7, 11) is 0.636. The molecule has 0 radical (unpaired) electrons. The predicted molar refractivity (Wildman–Crippen MR) is 57.5 cm³/mol. The Kier molecular flexibility index (Phi) is 4.61. The zero-order valence-corrected chi connectivity index (χ0v) is 11.0. The summed E-state index contributed by atoms with van der Waals surface area (Å²) in [5, 5.41) is 7.16. The summed E-state index contributed by atoms with van der Waals surface area (Å²) < 4.78 is 80.4. The first-order valence-corrected chi connectivity index (χ1v) is 5.39. The third-order valence-corrected chi connectivity index (χ3v) is 2.65. The highest BCUT2D eigenvalue weighted by atomic mass is 35.5. The molecular weight excluding hydrogens is 348 g/mol. The zero-order valence-electron chi connectivity index (χ0n) is 10.3. The van der Waals surface area contributed by atoms with Crippen molar-refractivity contribution in [2.45, 2.75) is 12.4 Å². The van der Waals surface area contributed by atoms with Gasteiger partial charge in [0.25, 0.3) is 0 Å². The van der Waals surface area contributed by atoms with E-state index in [0.717, 1.165) is 0 Å². The Hall–Kier alpha value is -2.04. The highest BCUT2D eigenvalue weighted by Crippen LogP contribution is 2.41. The van der Waals surface area contributed by atoms with Crippen molar-refractivity contribution in [3.05, 3.63) is 27.5 Å². The van der Waals surface area contributed by atoms with E-state index < -0.39 is 51.8 Å². The van der Waals surface area contributed by atoms with Gasteiger partial charge < -0.3 is 9.84 Å². The van der Waals surface area contributed by atoms with Gasteiger partial charge in [0.2, 0.25) is 0 Å². The number of aromatic carboxylic acids is 1. The van der Waals surface area contributed by atoms with Crippen LogP contribution in [0.1, 0.15) is 32.1 Å². The minimum Gasteiger partial charge on any atom is -0.478 e. The number of esters is 1. The molecule has 0 saturated carbocycles. The number of alkyl halides is 6. The minimum absolute atomic E-state index is 0.636. The lowest BCUT2D eigenvalue weighted by Crippen LogP contribution is -2.25. The number of rotatable bonds is 2. The first-order valence-electron chi connectivity index (χ1n) is 5.01. The normalized spacial score (nSPS) is 12.2. The van der Waals surface area contributed by atoms with Crippen molar-refractivity contribution in [1.29, 1.82) is 0 Å². The van der Waals surface area contributed by atoms with Gasteiger partial charge in [-0.2, -0.15) is 26.3 Å². The van der Waals surface area contributed by atoms with Crippen LogP contribution in [-0.2, 0) is 17.1 Å². The summed E-state index contributed by atoms with van der Waals surface area (Å²) in [5.41, 5.74) is -8.05. The van der Waals surface area contributed by atoms with Crippen LogP contribution in [0, 0.1) is 0 Å². The Morgan fingerprint density at radius 3 is 1.77 bits per heavy atom. The molecule has 0 bridgehead atoms. The van der Waals surface area contributed by atoms with Gasteiger partial charge in [0.1, 0.15) is 11.1 Å². The van der Waals surface area contributed by atoms with Crippen LogP contribution in [0.5, 0.6) is 0 Å². The monoisotopic (exact) mass is 351 g/mol. The molecule has 0 saturated heterocycles. The van der Waals surface area contributed by atoms with Crippen LogP contribution in [-0.4, -0.2) is 29.1 Å². The number of hydrogen-bond donors (Lipinski definition) is 1. The van der Waals surface area contributed by atoms with Crippen LogP contribution < -0.4 is 0 Å². The van der Waals surface area contributed by atoms with E-state index in [1.165, 1.54) is 0 Å². The van der Waals surface area contributed by atoms with E-state index in [1.54, 1.807) is 0 Å². The van der Waals surface area contributed by atoms with Crippen LogP contribution in [0.25, 0.3) is 0 Å². The average molecular weight is 352 g/mol. The van der Waals surface area contributed by atoms with Crippen molar-refractivity contribution in [3.63, 3.8) is 0 Å². The molecule has 0 unspecified atom stereocenters. The minimum atomic E-state index is -5.54. The van der Waals surface area contributed by atoms with Crippen molar-refractivity contribution < 1.29 is 45.8 Å². The second-order valence-electron chi connectivity index (χ2n) is 3.67. The maximum absolute atomic E-state index is 12.8. The number of nitrogens with zero attached hydrogens (tertiary/aromatic N) is 1. The zero-order chi connectivity index (χ0) is 17.5. The molecular formula is C10H4ClF6NO4. The average Bonchev–Trinajstić information content (AvgIpc) is 2.33. The number of carboxylic acids is 1. The van der Waals surface area contributed by atoms with Gasteiger partial charge in [-0.15, -0.1) is 0 Å². The van der Waals surface area contributed by atoms with Gasteiger partial charge in [0.15, 0.2) is 11.4 Å². The van der Waals surface area contributed by atoms with Crippen LogP contribution in [0.4, 0.5) is 26.3 Å². The first-order chi connectivity index (χ1) is 9.82. The number of pyridine rings is 1. The van der Waals surface area contributed by atoms with E-state index in [9.17, 15) is 35.9 Å². The molecule has 12 heteroatoms. The van der Waals surface area contributed by atoms with E-state index in [2.05, 4.69) is 9.72 Å². The lowest BCUT2D eigenvalue weighted by atomic mass is 10.1. The Bertz CT molecular complexity index is 640. The van der Waals surface area contributed by atoms with Gasteiger partial charge in [-0.1, -0.05) is 11.6 Å². The Morgan fingerprint density at radius 1 is 1.05 bits per heavy atom. The fourth-order valence-electron chi connectivity index (χ4n) is 1.45. The SMILES string of the molecule is COC(=O)c1c(C(F)(F)F)nc(C(F)(F)F)c(C(=O)O)c1Cl. The number of carboxylic acid groups (broad SMARTS) is 1. The molecule has 1 aromatic heterocycles. The summed E-state index contributed by atoms with van der Waals surface area (Å²) in [4.78, 5) is 24.4. The van der Waals surface area contributed by atoms with Crippen molar-refractivity contribution in [2.24, 2.45) is 0 Å².